The highest BCUT2D eigenvalue weighted by Gasteiger charge is 2.58. The van der Waals surface area contributed by atoms with Crippen molar-refractivity contribution < 1.29 is 24.9 Å². The Hall–Kier alpha value is -1.04. The molecule has 3 N–H and O–H groups in total. The van der Waals surface area contributed by atoms with E-state index in [1.165, 1.54) is 6.08 Å². The second-order valence-corrected chi connectivity index (χ2v) is 7.73. The van der Waals surface area contributed by atoms with Crippen LogP contribution in [0, 0.1) is 29.1 Å². The Balaban J connectivity index is 2.62. The van der Waals surface area contributed by atoms with Crippen molar-refractivity contribution in [3.8, 4) is 0 Å². The monoisotopic (exact) mass is 338 g/mol. The minimum atomic E-state index is -1.14. The zero-order chi connectivity index (χ0) is 18.2. The predicted molar refractivity (Wildman–Crippen MR) is 90.1 cm³/mol. The van der Waals surface area contributed by atoms with E-state index in [2.05, 4.69) is 0 Å². The summed E-state index contributed by atoms with van der Waals surface area (Å²) in [5, 5.41) is 29.8. The lowest BCUT2D eigenvalue weighted by molar-refractivity contribution is -0.156. The summed E-state index contributed by atoms with van der Waals surface area (Å²) in [6.45, 7) is 7.58. The fraction of sp³-hybridized carbons (Fsp3) is 0.789. The molecule has 2 aliphatic rings. The highest BCUT2D eigenvalue weighted by Crippen LogP contribution is 2.55. The summed E-state index contributed by atoms with van der Waals surface area (Å²) in [6.07, 6.45) is 0.644. The van der Waals surface area contributed by atoms with Crippen molar-refractivity contribution in [2.45, 2.75) is 59.2 Å². The van der Waals surface area contributed by atoms with Gasteiger partial charge in [-0.25, -0.2) is 0 Å². The van der Waals surface area contributed by atoms with Crippen LogP contribution in [0.4, 0.5) is 0 Å². The summed E-state index contributed by atoms with van der Waals surface area (Å²) < 4.78 is 0. The number of fused-ring (bicyclic) bond motifs is 1. The summed E-state index contributed by atoms with van der Waals surface area (Å²) in [7, 11) is 0. The molecule has 0 spiro atoms. The van der Waals surface area contributed by atoms with Crippen LogP contribution >= 0.6 is 0 Å². The van der Waals surface area contributed by atoms with Crippen molar-refractivity contribution in [1.82, 2.24) is 0 Å². The third-order valence-electron chi connectivity index (χ3n) is 6.33. The Kier molecular flexibility index (Phi) is 5.68. The smallest absolute Gasteiger partial charge is 0.161 e. The fourth-order valence-corrected chi connectivity index (χ4v) is 4.92. The Morgan fingerprint density at radius 1 is 1.42 bits per heavy atom. The van der Waals surface area contributed by atoms with E-state index in [1.807, 2.05) is 27.7 Å². The molecule has 1 fully saturated rings. The van der Waals surface area contributed by atoms with Gasteiger partial charge < -0.3 is 15.3 Å². The minimum absolute atomic E-state index is 0.0348. The molecular formula is C19H30O5. The van der Waals surface area contributed by atoms with Gasteiger partial charge in [-0.05, 0) is 43.6 Å². The molecule has 7 atom stereocenters. The molecular weight excluding hydrogens is 308 g/mol. The molecule has 2 aliphatic carbocycles. The fourth-order valence-electron chi connectivity index (χ4n) is 4.92. The van der Waals surface area contributed by atoms with E-state index in [1.54, 1.807) is 0 Å². The van der Waals surface area contributed by atoms with Gasteiger partial charge >= 0.3 is 0 Å². The summed E-state index contributed by atoms with van der Waals surface area (Å²) in [4.78, 5) is 25.7. The van der Waals surface area contributed by atoms with Crippen molar-refractivity contribution >= 4 is 11.6 Å². The van der Waals surface area contributed by atoms with Gasteiger partial charge in [0, 0.05) is 13.0 Å². The van der Waals surface area contributed by atoms with Crippen LogP contribution in [-0.4, -0.2) is 45.7 Å². The highest BCUT2D eigenvalue weighted by atomic mass is 16.3. The van der Waals surface area contributed by atoms with Gasteiger partial charge in [-0.2, -0.15) is 0 Å². The maximum Gasteiger partial charge on any atom is 0.161 e. The lowest BCUT2D eigenvalue weighted by Crippen LogP contribution is -2.59. The van der Waals surface area contributed by atoms with Crippen LogP contribution in [0.5, 0.6) is 0 Å². The first-order chi connectivity index (χ1) is 11.2. The van der Waals surface area contributed by atoms with Crippen LogP contribution in [0.1, 0.15) is 47.0 Å². The number of hydrogen-bond acceptors (Lipinski definition) is 5. The molecule has 5 heteroatoms. The molecule has 0 amide bonds. The Bertz CT molecular complexity index is 540. The lowest BCUT2D eigenvalue weighted by Gasteiger charge is -2.53. The van der Waals surface area contributed by atoms with E-state index in [4.69, 9.17) is 0 Å². The van der Waals surface area contributed by atoms with Gasteiger partial charge in [-0.15, -0.1) is 0 Å². The van der Waals surface area contributed by atoms with Crippen LogP contribution in [0.25, 0.3) is 0 Å². The number of aliphatic hydroxyl groups is 3. The number of rotatable bonds is 5. The quantitative estimate of drug-likeness (QED) is 0.706. The summed E-state index contributed by atoms with van der Waals surface area (Å²) in [6, 6.07) is 0. The van der Waals surface area contributed by atoms with E-state index in [-0.39, 0.29) is 42.3 Å². The molecule has 0 heterocycles. The number of Topliss-reactive ketones (excluding diaryl/α,β-unsaturated/α-hetero) is 1. The summed E-state index contributed by atoms with van der Waals surface area (Å²) in [5.41, 5.74) is -0.0813. The largest absolute Gasteiger partial charge is 0.396 e. The first kappa shape index (κ1) is 19.3. The molecule has 7 unspecified atom stereocenters. The molecule has 0 aromatic heterocycles. The van der Waals surface area contributed by atoms with Crippen LogP contribution < -0.4 is 0 Å². The van der Waals surface area contributed by atoms with Crippen molar-refractivity contribution in [3.05, 3.63) is 11.6 Å². The SMILES string of the molecule is CCC(C)C1=CC(=O)C2C(O)C(O)CC(C)C2C1(C)C(=O)CCO. The van der Waals surface area contributed by atoms with Crippen LogP contribution in [-0.2, 0) is 9.59 Å². The Labute approximate surface area is 143 Å². The Morgan fingerprint density at radius 2 is 2.04 bits per heavy atom. The van der Waals surface area contributed by atoms with Crippen molar-refractivity contribution in [1.29, 1.82) is 0 Å². The Morgan fingerprint density at radius 3 is 2.58 bits per heavy atom. The molecule has 0 radical (unpaired) electrons. The average Bonchev–Trinajstić information content (AvgIpc) is 2.53. The molecule has 0 aromatic rings. The van der Waals surface area contributed by atoms with Gasteiger partial charge in [0.15, 0.2) is 5.78 Å². The van der Waals surface area contributed by atoms with E-state index in [0.717, 1.165) is 12.0 Å². The maximum atomic E-state index is 13.0. The number of carbonyl (C=O) groups excluding carboxylic acids is 2. The number of ketones is 2. The molecule has 136 valence electrons. The third-order valence-corrected chi connectivity index (χ3v) is 6.33. The number of allylic oxidation sites excluding steroid dienone is 2. The van der Waals surface area contributed by atoms with Gasteiger partial charge in [0.25, 0.3) is 0 Å². The lowest BCUT2D eigenvalue weighted by atomic mass is 9.50. The standard InChI is InChI=1S/C19H30O5/c1-5-10(2)12-9-13(21)16-17(11(3)8-14(22)18(16)24)19(12,4)15(23)6-7-20/h9-11,14,16-18,20,22,24H,5-8H2,1-4H3. The van der Waals surface area contributed by atoms with Crippen LogP contribution in [0.2, 0.25) is 0 Å². The van der Waals surface area contributed by atoms with Gasteiger partial charge in [0.2, 0.25) is 0 Å². The van der Waals surface area contributed by atoms with Crippen molar-refractivity contribution in [2.75, 3.05) is 6.61 Å². The molecule has 0 aliphatic heterocycles. The maximum absolute atomic E-state index is 13.0. The number of carbonyl (C=O) groups is 2. The summed E-state index contributed by atoms with van der Waals surface area (Å²) >= 11 is 0. The van der Waals surface area contributed by atoms with Crippen molar-refractivity contribution in [2.24, 2.45) is 29.1 Å². The molecule has 0 aromatic carbocycles. The average molecular weight is 338 g/mol. The molecule has 0 bridgehead atoms. The topological polar surface area (TPSA) is 94.8 Å². The number of aliphatic hydroxyl groups excluding tert-OH is 3. The van der Waals surface area contributed by atoms with E-state index in [0.29, 0.717) is 6.42 Å². The molecule has 0 saturated heterocycles. The van der Waals surface area contributed by atoms with E-state index < -0.39 is 23.5 Å². The first-order valence-electron chi connectivity index (χ1n) is 8.96. The predicted octanol–water partition coefficient (Wildman–Crippen LogP) is 1.49. The molecule has 2 rings (SSSR count). The number of hydrogen-bond donors (Lipinski definition) is 3. The zero-order valence-electron chi connectivity index (χ0n) is 15.0. The highest BCUT2D eigenvalue weighted by molar-refractivity contribution is 5.99. The second-order valence-electron chi connectivity index (χ2n) is 7.73. The second kappa shape index (κ2) is 7.06. The molecule has 5 nitrogen and oxygen atoms in total. The van der Waals surface area contributed by atoms with Crippen LogP contribution in [0.15, 0.2) is 11.6 Å². The zero-order valence-corrected chi connectivity index (χ0v) is 15.0. The molecule has 24 heavy (non-hydrogen) atoms. The van der Waals surface area contributed by atoms with Crippen molar-refractivity contribution in [3.63, 3.8) is 0 Å². The summed E-state index contributed by atoms with van der Waals surface area (Å²) in [5.74, 6) is -1.39. The van der Waals surface area contributed by atoms with E-state index >= 15 is 0 Å². The normalized spacial score (nSPS) is 40.7. The minimum Gasteiger partial charge on any atom is -0.396 e. The molecule has 1 saturated carbocycles. The van der Waals surface area contributed by atoms with Gasteiger partial charge in [-0.3, -0.25) is 9.59 Å². The van der Waals surface area contributed by atoms with Gasteiger partial charge in [-0.1, -0.05) is 26.3 Å². The van der Waals surface area contributed by atoms with E-state index in [9.17, 15) is 24.9 Å². The first-order valence-corrected chi connectivity index (χ1v) is 8.96. The van der Waals surface area contributed by atoms with Crippen LogP contribution in [0.3, 0.4) is 0 Å². The van der Waals surface area contributed by atoms with Gasteiger partial charge in [0.05, 0.1) is 23.5 Å². The van der Waals surface area contributed by atoms with Gasteiger partial charge in [0.1, 0.15) is 5.78 Å². The third kappa shape index (κ3) is 2.87.